The van der Waals surface area contributed by atoms with Gasteiger partial charge in [-0.2, -0.15) is 0 Å². The number of benzene rings is 2. The molecule has 3 nitrogen and oxygen atoms in total. The van der Waals surface area contributed by atoms with Gasteiger partial charge in [0, 0.05) is 28.9 Å². The monoisotopic (exact) mass is 380 g/mol. The van der Waals surface area contributed by atoms with Crippen molar-refractivity contribution in [1.29, 1.82) is 0 Å². The molecule has 0 bridgehead atoms. The lowest BCUT2D eigenvalue weighted by atomic mass is 10.0. The first-order valence-electron chi connectivity index (χ1n) is 9.61. The summed E-state index contributed by atoms with van der Waals surface area (Å²) in [6.07, 6.45) is 6.45. The zero-order valence-corrected chi connectivity index (χ0v) is 15.8. The molecule has 1 saturated carbocycles. The number of nitrogens with zero attached hydrogens (tertiary/aromatic N) is 2. The predicted octanol–water partition coefficient (Wildman–Crippen LogP) is 5.97. The smallest absolute Gasteiger partial charge is 0.166 e. The molecule has 1 aliphatic carbocycles. The summed E-state index contributed by atoms with van der Waals surface area (Å²) in [6.45, 7) is 1.90. The van der Waals surface area contributed by atoms with Crippen molar-refractivity contribution in [3.63, 3.8) is 0 Å². The lowest BCUT2D eigenvalue weighted by Crippen LogP contribution is -2.07. The van der Waals surface area contributed by atoms with Gasteiger partial charge in [0.2, 0.25) is 0 Å². The van der Waals surface area contributed by atoms with Crippen LogP contribution in [0.5, 0.6) is 5.75 Å². The van der Waals surface area contributed by atoms with Gasteiger partial charge in [-0.15, -0.1) is 0 Å². The number of ether oxygens (including phenoxy) is 1. The summed E-state index contributed by atoms with van der Waals surface area (Å²) in [6, 6.07) is 11.2. The third kappa shape index (κ3) is 3.88. The predicted molar refractivity (Wildman–Crippen MR) is 104 cm³/mol. The van der Waals surface area contributed by atoms with Crippen LogP contribution in [0.3, 0.4) is 0 Å². The number of para-hydroxylation sites is 1. The summed E-state index contributed by atoms with van der Waals surface area (Å²) >= 11 is 0. The molecular formula is C23H22F2N2O. The minimum absolute atomic E-state index is 0.0156. The largest absolute Gasteiger partial charge is 0.482 e. The first-order chi connectivity index (χ1) is 13.6. The van der Waals surface area contributed by atoms with Crippen molar-refractivity contribution in [2.45, 2.75) is 45.1 Å². The molecule has 1 aliphatic rings. The van der Waals surface area contributed by atoms with Crippen LogP contribution in [-0.2, 0) is 6.61 Å². The lowest BCUT2D eigenvalue weighted by Gasteiger charge is -2.14. The second-order valence-corrected chi connectivity index (χ2v) is 7.27. The van der Waals surface area contributed by atoms with Crippen molar-refractivity contribution in [2.75, 3.05) is 0 Å². The number of hydrogen-bond donors (Lipinski definition) is 0. The second kappa shape index (κ2) is 8.05. The highest BCUT2D eigenvalue weighted by atomic mass is 19.1. The second-order valence-electron chi connectivity index (χ2n) is 7.27. The third-order valence-corrected chi connectivity index (χ3v) is 5.23. The Labute approximate surface area is 163 Å². The van der Waals surface area contributed by atoms with Crippen LogP contribution in [0.1, 0.15) is 48.7 Å². The minimum atomic E-state index is -0.537. The maximum absolute atomic E-state index is 14.5. The maximum Gasteiger partial charge on any atom is 0.166 e. The van der Waals surface area contributed by atoms with Crippen LogP contribution in [0.4, 0.5) is 8.78 Å². The van der Waals surface area contributed by atoms with Gasteiger partial charge in [-0.3, -0.25) is 0 Å². The molecule has 0 aliphatic heterocycles. The SMILES string of the molecule is Cc1ccc(F)c(-c2cccc(F)c2OCc2nccc(C3CCCC3)n2)c1. The zero-order chi connectivity index (χ0) is 19.5. The molecular weight excluding hydrogens is 358 g/mol. The molecule has 144 valence electrons. The Morgan fingerprint density at radius 3 is 2.64 bits per heavy atom. The highest BCUT2D eigenvalue weighted by Gasteiger charge is 2.19. The van der Waals surface area contributed by atoms with Crippen LogP contribution in [-0.4, -0.2) is 9.97 Å². The lowest BCUT2D eigenvalue weighted by molar-refractivity contribution is 0.281. The average Bonchev–Trinajstić information content (AvgIpc) is 3.24. The molecule has 3 aromatic rings. The van der Waals surface area contributed by atoms with Gasteiger partial charge in [0.1, 0.15) is 12.4 Å². The van der Waals surface area contributed by atoms with E-state index < -0.39 is 11.6 Å². The van der Waals surface area contributed by atoms with Gasteiger partial charge in [-0.25, -0.2) is 18.7 Å². The van der Waals surface area contributed by atoms with E-state index in [1.807, 2.05) is 13.0 Å². The molecule has 0 radical (unpaired) electrons. The fraction of sp³-hybridized carbons (Fsp3) is 0.304. The van der Waals surface area contributed by atoms with Crippen molar-refractivity contribution in [3.05, 3.63) is 77.4 Å². The summed E-state index contributed by atoms with van der Waals surface area (Å²) in [7, 11) is 0. The highest BCUT2D eigenvalue weighted by Crippen LogP contribution is 2.35. The quantitative estimate of drug-likeness (QED) is 0.547. The summed E-state index contributed by atoms with van der Waals surface area (Å²) in [4.78, 5) is 8.86. The molecule has 0 unspecified atom stereocenters. The minimum Gasteiger partial charge on any atom is -0.482 e. The number of aromatic nitrogens is 2. The topological polar surface area (TPSA) is 35.0 Å². The van der Waals surface area contributed by atoms with Crippen LogP contribution >= 0.6 is 0 Å². The summed E-state index contributed by atoms with van der Waals surface area (Å²) in [5.41, 5.74) is 2.60. The molecule has 0 spiro atoms. The Balaban J connectivity index is 1.60. The Morgan fingerprint density at radius 2 is 1.82 bits per heavy atom. The molecule has 1 fully saturated rings. The van der Waals surface area contributed by atoms with Crippen LogP contribution in [0, 0.1) is 18.6 Å². The summed E-state index contributed by atoms with van der Waals surface area (Å²) in [5.74, 6) is 0.0308. The van der Waals surface area contributed by atoms with E-state index in [1.165, 1.54) is 25.0 Å². The first kappa shape index (κ1) is 18.5. The van der Waals surface area contributed by atoms with Gasteiger partial charge in [-0.1, -0.05) is 36.6 Å². The van der Waals surface area contributed by atoms with Crippen molar-refractivity contribution < 1.29 is 13.5 Å². The third-order valence-electron chi connectivity index (χ3n) is 5.23. The maximum atomic E-state index is 14.5. The van der Waals surface area contributed by atoms with E-state index >= 15 is 0 Å². The molecule has 2 aromatic carbocycles. The summed E-state index contributed by atoms with van der Waals surface area (Å²) in [5, 5.41) is 0. The van der Waals surface area contributed by atoms with Crippen molar-refractivity contribution in [1.82, 2.24) is 9.97 Å². The standard InChI is InChI=1S/C23H22F2N2O/c1-15-9-10-19(24)18(13-15)17-7-4-8-20(25)23(17)28-14-22-26-12-11-21(27-22)16-5-2-3-6-16/h4,7-13,16H,2-3,5-6,14H2,1H3. The number of rotatable bonds is 5. The highest BCUT2D eigenvalue weighted by molar-refractivity contribution is 5.71. The fourth-order valence-electron chi connectivity index (χ4n) is 3.78. The summed E-state index contributed by atoms with van der Waals surface area (Å²) < 4.78 is 34.6. The fourth-order valence-corrected chi connectivity index (χ4v) is 3.78. The molecule has 1 heterocycles. The van der Waals surface area contributed by atoms with Gasteiger partial charge in [0.05, 0.1) is 0 Å². The Morgan fingerprint density at radius 1 is 1.00 bits per heavy atom. The van der Waals surface area contributed by atoms with Crippen LogP contribution in [0.15, 0.2) is 48.7 Å². The van der Waals surface area contributed by atoms with E-state index in [0.717, 1.165) is 24.1 Å². The number of halogens is 2. The van der Waals surface area contributed by atoms with Gasteiger partial charge >= 0.3 is 0 Å². The van der Waals surface area contributed by atoms with Crippen LogP contribution in [0.2, 0.25) is 0 Å². The molecule has 0 amide bonds. The first-order valence-corrected chi connectivity index (χ1v) is 9.61. The van der Waals surface area contributed by atoms with E-state index in [0.29, 0.717) is 22.9 Å². The van der Waals surface area contributed by atoms with Gasteiger partial charge in [0.15, 0.2) is 17.4 Å². The van der Waals surface area contributed by atoms with Gasteiger partial charge in [0.25, 0.3) is 0 Å². The van der Waals surface area contributed by atoms with E-state index in [1.54, 1.807) is 30.5 Å². The number of hydrogen-bond acceptors (Lipinski definition) is 3. The average molecular weight is 380 g/mol. The Hall–Kier alpha value is -2.82. The van der Waals surface area contributed by atoms with Gasteiger partial charge < -0.3 is 4.74 Å². The molecule has 28 heavy (non-hydrogen) atoms. The van der Waals surface area contributed by atoms with Crippen molar-refractivity contribution in [3.8, 4) is 16.9 Å². The Kier molecular flexibility index (Phi) is 5.33. The molecule has 4 rings (SSSR count). The molecule has 0 N–H and O–H groups in total. The van der Waals surface area contributed by atoms with E-state index in [9.17, 15) is 8.78 Å². The molecule has 0 atom stereocenters. The van der Waals surface area contributed by atoms with Crippen LogP contribution < -0.4 is 4.74 Å². The van der Waals surface area contributed by atoms with Crippen LogP contribution in [0.25, 0.3) is 11.1 Å². The molecule has 1 aromatic heterocycles. The van der Waals surface area contributed by atoms with E-state index in [-0.39, 0.29) is 12.4 Å². The Bertz CT molecular complexity index is 984. The number of aryl methyl sites for hydroxylation is 1. The van der Waals surface area contributed by atoms with Crippen molar-refractivity contribution in [2.24, 2.45) is 0 Å². The molecule has 0 saturated heterocycles. The normalized spacial score (nSPS) is 14.4. The van der Waals surface area contributed by atoms with Crippen molar-refractivity contribution >= 4 is 0 Å². The van der Waals surface area contributed by atoms with Gasteiger partial charge in [-0.05, 0) is 44.0 Å². The zero-order valence-electron chi connectivity index (χ0n) is 15.8. The van der Waals surface area contributed by atoms with E-state index in [4.69, 9.17) is 4.74 Å². The van der Waals surface area contributed by atoms with E-state index in [2.05, 4.69) is 9.97 Å². The molecule has 5 heteroatoms.